The first-order valence-corrected chi connectivity index (χ1v) is 7.08. The van der Waals surface area contributed by atoms with Gasteiger partial charge in [0.25, 0.3) is 9.76 Å². The monoisotopic (exact) mass is 240 g/mol. The highest BCUT2D eigenvalue weighted by molar-refractivity contribution is 6.40. The van der Waals surface area contributed by atoms with E-state index < -0.39 is 9.76 Å². The molecule has 3 heteroatoms. The van der Waals surface area contributed by atoms with Gasteiger partial charge in [0, 0.05) is 5.57 Å². The summed E-state index contributed by atoms with van der Waals surface area (Å²) in [5.41, 5.74) is 1.97. The SMILES string of the molecule is C=C(C)[SiH2]OC(=O)C(C)=C(C(C)C)C(C)C. The fourth-order valence-corrected chi connectivity index (χ4v) is 2.54. The first kappa shape index (κ1) is 15.2. The summed E-state index contributed by atoms with van der Waals surface area (Å²) in [5, 5.41) is 0.997. The van der Waals surface area contributed by atoms with Gasteiger partial charge in [-0.25, -0.2) is 4.79 Å². The second-order valence-electron chi connectivity index (χ2n) is 4.92. The Hall–Kier alpha value is -0.833. The summed E-state index contributed by atoms with van der Waals surface area (Å²) in [5.74, 6) is 0.616. The molecule has 0 aliphatic rings. The van der Waals surface area contributed by atoms with Crippen molar-refractivity contribution in [3.63, 3.8) is 0 Å². The summed E-state index contributed by atoms with van der Waals surface area (Å²) < 4.78 is 5.29. The van der Waals surface area contributed by atoms with Crippen molar-refractivity contribution in [2.45, 2.75) is 41.5 Å². The summed E-state index contributed by atoms with van der Waals surface area (Å²) in [6.45, 7) is 16.0. The van der Waals surface area contributed by atoms with Gasteiger partial charge < -0.3 is 4.43 Å². The maximum atomic E-state index is 11.8. The van der Waals surface area contributed by atoms with E-state index in [0.29, 0.717) is 11.8 Å². The quantitative estimate of drug-likeness (QED) is 0.545. The molecule has 0 aliphatic heterocycles. The van der Waals surface area contributed by atoms with Gasteiger partial charge in [0.15, 0.2) is 0 Å². The molecule has 92 valence electrons. The highest BCUT2D eigenvalue weighted by atomic mass is 28.2. The van der Waals surface area contributed by atoms with Crippen LogP contribution in [0.15, 0.2) is 22.9 Å². The smallest absolute Gasteiger partial charge is 0.320 e. The second-order valence-corrected chi connectivity index (χ2v) is 6.71. The minimum Gasteiger partial charge on any atom is -0.518 e. The van der Waals surface area contributed by atoms with E-state index in [2.05, 4.69) is 34.3 Å². The summed E-state index contributed by atoms with van der Waals surface area (Å²) >= 11 is 0. The average molecular weight is 240 g/mol. The van der Waals surface area contributed by atoms with Gasteiger partial charge in [-0.2, -0.15) is 0 Å². The molecule has 0 heterocycles. The summed E-state index contributed by atoms with van der Waals surface area (Å²) in [4.78, 5) is 11.8. The van der Waals surface area contributed by atoms with E-state index in [1.54, 1.807) is 0 Å². The van der Waals surface area contributed by atoms with Crippen LogP contribution in [0.2, 0.25) is 0 Å². The molecular weight excluding hydrogens is 216 g/mol. The normalized spacial score (nSPS) is 11.2. The standard InChI is InChI=1S/C13H24O2Si/c1-8(2)12(9(3)4)11(7)13(14)15-16-10(5)6/h8-9H,5,16H2,1-4,6-7H3. The van der Waals surface area contributed by atoms with Gasteiger partial charge in [-0.1, -0.05) is 38.5 Å². The summed E-state index contributed by atoms with van der Waals surface area (Å²) in [6.07, 6.45) is 0. The first-order valence-electron chi connectivity index (χ1n) is 5.79. The van der Waals surface area contributed by atoms with E-state index in [1.165, 1.54) is 5.57 Å². The number of hydrogen-bond donors (Lipinski definition) is 0. The van der Waals surface area contributed by atoms with E-state index >= 15 is 0 Å². The molecule has 0 rings (SSSR count). The van der Waals surface area contributed by atoms with Gasteiger partial charge >= 0.3 is 5.97 Å². The first-order chi connectivity index (χ1) is 7.27. The van der Waals surface area contributed by atoms with Crippen molar-refractivity contribution in [2.24, 2.45) is 11.8 Å². The average Bonchev–Trinajstić information content (AvgIpc) is 2.12. The molecule has 0 radical (unpaired) electrons. The minimum absolute atomic E-state index is 0.160. The van der Waals surface area contributed by atoms with Crippen LogP contribution in [0.5, 0.6) is 0 Å². The number of carbonyl (C=O) groups is 1. The Morgan fingerprint density at radius 3 is 1.88 bits per heavy atom. The van der Waals surface area contributed by atoms with Crippen LogP contribution in [0.1, 0.15) is 41.5 Å². The maximum absolute atomic E-state index is 11.8. The highest BCUT2D eigenvalue weighted by Gasteiger charge is 2.17. The van der Waals surface area contributed by atoms with Crippen LogP contribution in [0.4, 0.5) is 0 Å². The van der Waals surface area contributed by atoms with Crippen molar-refractivity contribution >= 4 is 15.7 Å². The molecule has 2 nitrogen and oxygen atoms in total. The fourth-order valence-electron chi connectivity index (χ4n) is 1.95. The van der Waals surface area contributed by atoms with Crippen LogP contribution in [-0.4, -0.2) is 15.7 Å². The highest BCUT2D eigenvalue weighted by Crippen LogP contribution is 2.23. The second kappa shape index (κ2) is 6.69. The third-order valence-electron chi connectivity index (χ3n) is 2.43. The maximum Gasteiger partial charge on any atom is 0.320 e. The van der Waals surface area contributed by atoms with E-state index in [0.717, 1.165) is 10.8 Å². The van der Waals surface area contributed by atoms with E-state index in [4.69, 9.17) is 4.43 Å². The largest absolute Gasteiger partial charge is 0.518 e. The zero-order valence-corrected chi connectivity index (χ0v) is 12.8. The van der Waals surface area contributed by atoms with Crippen LogP contribution in [-0.2, 0) is 9.22 Å². The molecule has 16 heavy (non-hydrogen) atoms. The number of rotatable bonds is 5. The van der Waals surface area contributed by atoms with Crippen molar-refractivity contribution in [3.8, 4) is 0 Å². The predicted molar refractivity (Wildman–Crippen MR) is 71.8 cm³/mol. The zero-order valence-electron chi connectivity index (χ0n) is 11.4. The van der Waals surface area contributed by atoms with Gasteiger partial charge in [-0.05, 0) is 25.7 Å². The van der Waals surface area contributed by atoms with E-state index in [-0.39, 0.29) is 5.97 Å². The van der Waals surface area contributed by atoms with Crippen molar-refractivity contribution < 1.29 is 9.22 Å². The fraction of sp³-hybridized carbons (Fsp3) is 0.615. The third-order valence-corrected chi connectivity index (χ3v) is 3.33. The lowest BCUT2D eigenvalue weighted by Gasteiger charge is -2.19. The van der Waals surface area contributed by atoms with E-state index in [9.17, 15) is 4.79 Å². The lowest BCUT2D eigenvalue weighted by Crippen LogP contribution is -2.16. The number of carbonyl (C=O) groups excluding carboxylic acids is 1. The van der Waals surface area contributed by atoms with Gasteiger partial charge in [-0.15, -0.1) is 6.58 Å². The number of allylic oxidation sites excluding steroid dienone is 2. The van der Waals surface area contributed by atoms with Gasteiger partial charge in [0.2, 0.25) is 0 Å². The molecule has 0 atom stereocenters. The molecule has 0 amide bonds. The topological polar surface area (TPSA) is 26.3 Å². The molecule has 0 saturated heterocycles. The van der Waals surface area contributed by atoms with Crippen molar-refractivity contribution in [2.75, 3.05) is 0 Å². The molecule has 0 N–H and O–H groups in total. The van der Waals surface area contributed by atoms with Crippen molar-refractivity contribution in [1.29, 1.82) is 0 Å². The van der Waals surface area contributed by atoms with Gasteiger partial charge in [0.05, 0.1) is 0 Å². The number of hydrogen-bond acceptors (Lipinski definition) is 2. The lowest BCUT2D eigenvalue weighted by atomic mass is 9.88. The van der Waals surface area contributed by atoms with Crippen LogP contribution < -0.4 is 0 Å². The third kappa shape index (κ3) is 4.79. The molecule has 0 aromatic rings. The molecule has 0 aliphatic carbocycles. The molecule has 0 aromatic carbocycles. The van der Waals surface area contributed by atoms with Crippen LogP contribution in [0, 0.1) is 11.8 Å². The van der Waals surface area contributed by atoms with Crippen LogP contribution in [0.3, 0.4) is 0 Å². The Labute approximate surface area is 102 Å². The molecule has 0 unspecified atom stereocenters. The van der Waals surface area contributed by atoms with Gasteiger partial charge in [0.1, 0.15) is 0 Å². The van der Waals surface area contributed by atoms with Gasteiger partial charge in [-0.3, -0.25) is 0 Å². The Bertz CT molecular complexity index is 291. The molecule has 0 spiro atoms. The molecule has 0 aromatic heterocycles. The zero-order chi connectivity index (χ0) is 12.9. The molecular formula is C13H24O2Si. The minimum atomic E-state index is -0.903. The summed E-state index contributed by atoms with van der Waals surface area (Å²) in [7, 11) is -0.903. The predicted octanol–water partition coefficient (Wildman–Crippen LogP) is 2.78. The molecule has 0 fully saturated rings. The van der Waals surface area contributed by atoms with Crippen molar-refractivity contribution in [3.05, 3.63) is 22.9 Å². The molecule has 0 saturated carbocycles. The Balaban J connectivity index is 4.82. The summed E-state index contributed by atoms with van der Waals surface area (Å²) in [6, 6.07) is 0. The Kier molecular flexibility index (Phi) is 6.34. The molecule has 0 bridgehead atoms. The lowest BCUT2D eigenvalue weighted by molar-refractivity contribution is -0.130. The van der Waals surface area contributed by atoms with E-state index in [1.807, 2.05) is 13.8 Å². The Morgan fingerprint density at radius 1 is 1.12 bits per heavy atom. The van der Waals surface area contributed by atoms with Crippen LogP contribution >= 0.6 is 0 Å². The van der Waals surface area contributed by atoms with Crippen molar-refractivity contribution in [1.82, 2.24) is 0 Å². The Morgan fingerprint density at radius 2 is 1.56 bits per heavy atom. The van der Waals surface area contributed by atoms with Crippen LogP contribution in [0.25, 0.3) is 0 Å².